The zero-order chi connectivity index (χ0) is 32.0. The Morgan fingerprint density at radius 3 is 2.30 bits per heavy atom. The second-order valence-electron chi connectivity index (χ2n) is 10.4. The van der Waals surface area contributed by atoms with Crippen LogP contribution in [0.5, 0.6) is 17.2 Å². The van der Waals surface area contributed by atoms with Crippen LogP contribution in [0.25, 0.3) is 6.08 Å². The Balaban J connectivity index is 1.33. The van der Waals surface area contributed by atoms with E-state index in [4.69, 9.17) is 30.8 Å². The normalized spacial score (nSPS) is 14.3. The van der Waals surface area contributed by atoms with E-state index in [1.807, 2.05) is 91.0 Å². The van der Waals surface area contributed by atoms with Crippen molar-refractivity contribution in [3.8, 4) is 17.2 Å². The Hall–Kier alpha value is -5.12. The average molecular weight is 652 g/mol. The Bertz CT molecular complexity index is 2080. The number of carbonyl (C=O) groups excluding carboxylic acids is 1. The molecule has 4 aromatic carbocycles. The van der Waals surface area contributed by atoms with Gasteiger partial charge in [0.05, 0.1) is 34.0 Å². The highest BCUT2D eigenvalue weighted by atomic mass is 35.5. The molecule has 8 nitrogen and oxygen atoms in total. The van der Waals surface area contributed by atoms with Gasteiger partial charge in [0.25, 0.3) is 11.5 Å². The number of anilines is 1. The minimum atomic E-state index is -0.671. The van der Waals surface area contributed by atoms with Crippen molar-refractivity contribution < 1.29 is 19.0 Å². The molecule has 0 bridgehead atoms. The number of rotatable bonds is 10. The van der Waals surface area contributed by atoms with Gasteiger partial charge in [0.1, 0.15) is 19.0 Å². The first-order valence-electron chi connectivity index (χ1n) is 14.5. The van der Waals surface area contributed by atoms with Crippen LogP contribution in [-0.4, -0.2) is 30.8 Å². The van der Waals surface area contributed by atoms with Crippen LogP contribution in [0.3, 0.4) is 0 Å². The van der Waals surface area contributed by atoms with Gasteiger partial charge in [-0.3, -0.25) is 14.2 Å². The van der Waals surface area contributed by atoms with Crippen molar-refractivity contribution >= 4 is 40.6 Å². The summed E-state index contributed by atoms with van der Waals surface area (Å²) in [4.78, 5) is 33.0. The SMILES string of the molecule is COc1cc(/C=c2\sc3n(c2=O)[C@@H](c2ccccc2)C(C(=O)Nc2ccccc2)=C(C)N=3)cc(Cl)c1OCCOc1ccccc1. The maximum absolute atomic E-state index is 14.1. The molecule has 5 aromatic rings. The lowest BCUT2D eigenvalue weighted by molar-refractivity contribution is -0.113. The first-order valence-corrected chi connectivity index (χ1v) is 15.7. The highest BCUT2D eigenvalue weighted by Gasteiger charge is 2.32. The van der Waals surface area contributed by atoms with Gasteiger partial charge in [-0.05, 0) is 60.5 Å². The maximum Gasteiger partial charge on any atom is 0.271 e. The highest BCUT2D eigenvalue weighted by Crippen LogP contribution is 2.37. The maximum atomic E-state index is 14.1. The predicted octanol–water partition coefficient (Wildman–Crippen LogP) is 5.99. The topological polar surface area (TPSA) is 91.2 Å². The van der Waals surface area contributed by atoms with Gasteiger partial charge in [-0.15, -0.1) is 0 Å². The van der Waals surface area contributed by atoms with Crippen molar-refractivity contribution in [2.24, 2.45) is 4.99 Å². The number of fused-ring (bicyclic) bond motifs is 1. The van der Waals surface area contributed by atoms with Crippen LogP contribution in [0.4, 0.5) is 5.69 Å². The molecule has 1 aliphatic rings. The zero-order valence-corrected chi connectivity index (χ0v) is 26.7. The van der Waals surface area contributed by atoms with Crippen LogP contribution < -0.4 is 34.4 Å². The van der Waals surface area contributed by atoms with Crippen molar-refractivity contribution in [3.63, 3.8) is 0 Å². The fourth-order valence-electron chi connectivity index (χ4n) is 5.22. The summed E-state index contributed by atoms with van der Waals surface area (Å²) in [6.07, 6.45) is 1.74. The molecule has 1 amide bonds. The molecule has 2 heterocycles. The van der Waals surface area contributed by atoms with Gasteiger partial charge in [-0.1, -0.05) is 89.7 Å². The van der Waals surface area contributed by atoms with Crippen LogP contribution in [0.1, 0.15) is 24.1 Å². The number of ether oxygens (including phenoxy) is 3. The molecule has 1 aliphatic heterocycles. The van der Waals surface area contributed by atoms with E-state index >= 15 is 0 Å². The Kier molecular flexibility index (Phi) is 9.33. The van der Waals surface area contributed by atoms with Gasteiger partial charge in [0, 0.05) is 5.69 Å². The third kappa shape index (κ3) is 6.61. The number of para-hydroxylation sites is 2. The lowest BCUT2D eigenvalue weighted by atomic mass is 9.95. The van der Waals surface area contributed by atoms with Crippen LogP contribution in [0.2, 0.25) is 5.02 Å². The van der Waals surface area contributed by atoms with E-state index in [0.29, 0.717) is 55.0 Å². The molecule has 0 fully saturated rings. The summed E-state index contributed by atoms with van der Waals surface area (Å²) in [5.74, 6) is 1.23. The summed E-state index contributed by atoms with van der Waals surface area (Å²) in [6, 6.07) is 31.0. The predicted molar refractivity (Wildman–Crippen MR) is 181 cm³/mol. The molecule has 0 saturated carbocycles. The van der Waals surface area contributed by atoms with Gasteiger partial charge in [0.15, 0.2) is 16.3 Å². The molecule has 1 aromatic heterocycles. The van der Waals surface area contributed by atoms with Crippen LogP contribution in [0.15, 0.2) is 124 Å². The zero-order valence-electron chi connectivity index (χ0n) is 25.1. The second-order valence-corrected chi connectivity index (χ2v) is 11.8. The molecule has 0 unspecified atom stereocenters. The molecule has 10 heteroatoms. The molecule has 1 N–H and O–H groups in total. The van der Waals surface area contributed by atoms with Gasteiger partial charge in [-0.25, -0.2) is 4.99 Å². The minimum Gasteiger partial charge on any atom is -0.493 e. The molecule has 0 saturated heterocycles. The van der Waals surface area contributed by atoms with Crippen LogP contribution in [0, 0.1) is 0 Å². The summed E-state index contributed by atoms with van der Waals surface area (Å²) < 4.78 is 19.2. The summed E-state index contributed by atoms with van der Waals surface area (Å²) in [7, 11) is 1.53. The average Bonchev–Trinajstić information content (AvgIpc) is 3.37. The summed E-state index contributed by atoms with van der Waals surface area (Å²) >= 11 is 7.89. The van der Waals surface area contributed by atoms with Crippen molar-refractivity contribution in [2.45, 2.75) is 13.0 Å². The monoisotopic (exact) mass is 651 g/mol. The molecule has 6 rings (SSSR count). The molecule has 0 radical (unpaired) electrons. The number of aromatic nitrogens is 1. The van der Waals surface area contributed by atoms with E-state index in [-0.39, 0.29) is 18.1 Å². The van der Waals surface area contributed by atoms with Crippen molar-refractivity contribution in [2.75, 3.05) is 25.6 Å². The third-order valence-electron chi connectivity index (χ3n) is 7.30. The first-order chi connectivity index (χ1) is 22.4. The number of methoxy groups -OCH3 is 1. The lowest BCUT2D eigenvalue weighted by Crippen LogP contribution is -2.40. The number of thiazole rings is 1. The van der Waals surface area contributed by atoms with Crippen LogP contribution in [-0.2, 0) is 4.79 Å². The van der Waals surface area contributed by atoms with Crippen molar-refractivity contribution in [1.82, 2.24) is 4.57 Å². The standard InChI is InChI=1S/C36H30ClN3O5S/c1-23-31(34(41)39-26-14-8-4-9-15-26)32(25-12-6-3-7-13-25)40-35(42)30(46-36(40)38-23)22-24-20-28(37)33(29(21-24)43-2)45-19-18-44-27-16-10-5-11-17-27/h3-17,20-22,32H,18-19H2,1-2H3,(H,39,41)/b30-22-/t32-/m0/s1. The summed E-state index contributed by atoms with van der Waals surface area (Å²) in [5.41, 5.74) is 2.76. The van der Waals surface area contributed by atoms with Gasteiger partial charge < -0.3 is 19.5 Å². The van der Waals surface area contributed by atoms with Gasteiger partial charge in [0.2, 0.25) is 0 Å². The minimum absolute atomic E-state index is 0.252. The Morgan fingerprint density at radius 1 is 0.957 bits per heavy atom. The molecule has 46 heavy (non-hydrogen) atoms. The number of allylic oxidation sites excluding steroid dienone is 1. The molecule has 232 valence electrons. The third-order valence-corrected chi connectivity index (χ3v) is 8.57. The number of halogens is 1. The summed E-state index contributed by atoms with van der Waals surface area (Å²) in [5, 5.41) is 3.29. The molecule has 0 spiro atoms. The number of hydrogen-bond acceptors (Lipinski definition) is 7. The Labute approximate surface area is 274 Å². The fourth-order valence-corrected chi connectivity index (χ4v) is 6.54. The number of benzene rings is 4. The molecule has 1 atom stereocenters. The van der Waals surface area contributed by atoms with Crippen molar-refractivity contribution in [3.05, 3.63) is 150 Å². The van der Waals surface area contributed by atoms with E-state index in [9.17, 15) is 9.59 Å². The van der Waals surface area contributed by atoms with E-state index < -0.39 is 6.04 Å². The number of amides is 1. The number of carbonyl (C=O) groups is 1. The molecular formula is C36H30ClN3O5S. The van der Waals surface area contributed by atoms with E-state index in [1.165, 1.54) is 18.4 Å². The fraction of sp³-hybridized carbons (Fsp3) is 0.139. The van der Waals surface area contributed by atoms with E-state index in [0.717, 1.165) is 11.3 Å². The molecule has 0 aliphatic carbocycles. The van der Waals surface area contributed by atoms with E-state index in [2.05, 4.69) is 5.32 Å². The quantitative estimate of drug-likeness (QED) is 0.187. The largest absolute Gasteiger partial charge is 0.493 e. The first kappa shape index (κ1) is 30.9. The lowest BCUT2D eigenvalue weighted by Gasteiger charge is -2.25. The second kappa shape index (κ2) is 13.9. The number of nitrogens with zero attached hydrogens (tertiary/aromatic N) is 2. The smallest absolute Gasteiger partial charge is 0.271 e. The molecular weight excluding hydrogens is 622 g/mol. The number of nitrogens with one attached hydrogen (secondary N) is 1. The van der Waals surface area contributed by atoms with E-state index in [1.54, 1.807) is 29.7 Å². The van der Waals surface area contributed by atoms with Gasteiger partial charge in [-0.2, -0.15) is 0 Å². The Morgan fingerprint density at radius 2 is 1.61 bits per heavy atom. The highest BCUT2D eigenvalue weighted by molar-refractivity contribution is 7.07. The summed E-state index contributed by atoms with van der Waals surface area (Å²) in [6.45, 7) is 2.36. The van der Waals surface area contributed by atoms with Crippen molar-refractivity contribution in [1.29, 1.82) is 0 Å². The number of hydrogen-bond donors (Lipinski definition) is 1. The van der Waals surface area contributed by atoms with Gasteiger partial charge >= 0.3 is 0 Å². The van der Waals surface area contributed by atoms with Crippen LogP contribution >= 0.6 is 22.9 Å².